The number of nitrogens with one attached hydrogen (secondary N) is 1. The molecular weight excluding hydrogens is 266 g/mol. The number of aryl methyl sites for hydroxylation is 2. The van der Waals surface area contributed by atoms with Gasteiger partial charge in [-0.15, -0.1) is 11.3 Å². The fourth-order valence-corrected chi connectivity index (χ4v) is 2.73. The zero-order chi connectivity index (χ0) is 13.1. The van der Waals surface area contributed by atoms with Crippen LogP contribution in [0.3, 0.4) is 0 Å². The molecule has 0 bridgehead atoms. The minimum atomic E-state index is 0.522. The molecule has 0 fully saturated rings. The van der Waals surface area contributed by atoms with Gasteiger partial charge in [-0.05, 0) is 31.5 Å². The second-order valence-electron chi connectivity index (χ2n) is 3.80. The standard InChI is InChI=1S/C13H12ClN3S/c1-3-11-8(2)18-13(16-11)17-12-5-4-10(14)6-9(12)7-15/h4-6H,3H2,1-2H3,(H,16,17). The number of benzene rings is 1. The lowest BCUT2D eigenvalue weighted by Crippen LogP contribution is -1.93. The Labute approximate surface area is 115 Å². The van der Waals surface area contributed by atoms with Crippen LogP contribution < -0.4 is 5.32 Å². The van der Waals surface area contributed by atoms with Crippen molar-refractivity contribution in [1.29, 1.82) is 5.26 Å². The molecule has 0 atom stereocenters. The van der Waals surface area contributed by atoms with Gasteiger partial charge < -0.3 is 5.32 Å². The Hall–Kier alpha value is -1.57. The number of nitriles is 1. The molecule has 0 spiro atoms. The van der Waals surface area contributed by atoms with Gasteiger partial charge in [0.05, 0.1) is 16.9 Å². The summed E-state index contributed by atoms with van der Waals surface area (Å²) in [5.41, 5.74) is 2.35. The van der Waals surface area contributed by atoms with E-state index in [0.717, 1.165) is 22.9 Å². The number of aromatic nitrogens is 1. The summed E-state index contributed by atoms with van der Waals surface area (Å²) in [6, 6.07) is 7.32. The van der Waals surface area contributed by atoms with E-state index >= 15 is 0 Å². The molecule has 0 saturated carbocycles. The third-order valence-electron chi connectivity index (χ3n) is 2.57. The Bertz CT molecular complexity index is 613. The molecule has 1 N–H and O–H groups in total. The van der Waals surface area contributed by atoms with E-state index in [0.29, 0.717) is 10.6 Å². The lowest BCUT2D eigenvalue weighted by molar-refractivity contribution is 1.05. The normalized spacial score (nSPS) is 10.1. The lowest BCUT2D eigenvalue weighted by Gasteiger charge is -2.04. The molecule has 92 valence electrons. The van der Waals surface area contributed by atoms with E-state index in [4.69, 9.17) is 16.9 Å². The molecule has 0 amide bonds. The van der Waals surface area contributed by atoms with Crippen LogP contribution in [0, 0.1) is 18.3 Å². The van der Waals surface area contributed by atoms with Crippen molar-refractivity contribution in [3.8, 4) is 6.07 Å². The highest BCUT2D eigenvalue weighted by molar-refractivity contribution is 7.15. The molecule has 1 heterocycles. The predicted octanol–water partition coefficient (Wildman–Crippen LogP) is 4.28. The smallest absolute Gasteiger partial charge is 0.187 e. The summed E-state index contributed by atoms with van der Waals surface area (Å²) in [5, 5.41) is 13.6. The van der Waals surface area contributed by atoms with Crippen LogP contribution in [0.15, 0.2) is 18.2 Å². The highest BCUT2D eigenvalue weighted by atomic mass is 35.5. The molecule has 0 aliphatic carbocycles. The van der Waals surface area contributed by atoms with Crippen molar-refractivity contribution in [2.75, 3.05) is 5.32 Å². The predicted molar refractivity (Wildman–Crippen MR) is 75.7 cm³/mol. The highest BCUT2D eigenvalue weighted by Gasteiger charge is 2.08. The van der Waals surface area contributed by atoms with Gasteiger partial charge in [-0.25, -0.2) is 4.98 Å². The molecule has 5 heteroatoms. The number of hydrogen-bond acceptors (Lipinski definition) is 4. The maximum atomic E-state index is 9.06. The van der Waals surface area contributed by atoms with E-state index in [2.05, 4.69) is 30.2 Å². The van der Waals surface area contributed by atoms with Crippen LogP contribution in [-0.2, 0) is 6.42 Å². The topological polar surface area (TPSA) is 48.7 Å². The number of thiazole rings is 1. The first-order valence-electron chi connectivity index (χ1n) is 5.57. The Kier molecular flexibility index (Phi) is 3.85. The number of halogens is 1. The zero-order valence-corrected chi connectivity index (χ0v) is 11.7. The van der Waals surface area contributed by atoms with Gasteiger partial charge in [0, 0.05) is 9.90 Å². The Morgan fingerprint density at radius 3 is 2.89 bits per heavy atom. The van der Waals surface area contributed by atoms with Crippen molar-refractivity contribution in [2.24, 2.45) is 0 Å². The molecular formula is C13H12ClN3S. The minimum Gasteiger partial charge on any atom is -0.330 e. The molecule has 0 aliphatic heterocycles. The third-order valence-corrected chi connectivity index (χ3v) is 3.73. The third kappa shape index (κ3) is 2.63. The van der Waals surface area contributed by atoms with Gasteiger partial charge in [-0.2, -0.15) is 5.26 Å². The molecule has 1 aromatic carbocycles. The van der Waals surface area contributed by atoms with Gasteiger partial charge in [0.1, 0.15) is 6.07 Å². The summed E-state index contributed by atoms with van der Waals surface area (Å²) in [4.78, 5) is 5.69. The average Bonchev–Trinajstić information content (AvgIpc) is 2.71. The van der Waals surface area contributed by atoms with Gasteiger partial charge in [-0.3, -0.25) is 0 Å². The summed E-state index contributed by atoms with van der Waals surface area (Å²) >= 11 is 7.45. The maximum absolute atomic E-state index is 9.06. The molecule has 2 aromatic rings. The molecule has 1 aromatic heterocycles. The molecule has 3 nitrogen and oxygen atoms in total. The van der Waals surface area contributed by atoms with Crippen LogP contribution in [0.1, 0.15) is 23.1 Å². The second-order valence-corrected chi connectivity index (χ2v) is 5.44. The summed E-state index contributed by atoms with van der Waals surface area (Å²) in [6.45, 7) is 4.13. The molecule has 2 rings (SSSR count). The fourth-order valence-electron chi connectivity index (χ4n) is 1.64. The van der Waals surface area contributed by atoms with E-state index in [9.17, 15) is 0 Å². The minimum absolute atomic E-state index is 0.522. The van der Waals surface area contributed by atoms with Crippen molar-refractivity contribution in [3.05, 3.63) is 39.4 Å². The van der Waals surface area contributed by atoms with Crippen LogP contribution in [-0.4, -0.2) is 4.98 Å². The quantitative estimate of drug-likeness (QED) is 0.911. The molecule has 0 unspecified atom stereocenters. The summed E-state index contributed by atoms with van der Waals surface area (Å²) in [7, 11) is 0. The van der Waals surface area contributed by atoms with E-state index in [-0.39, 0.29) is 0 Å². The van der Waals surface area contributed by atoms with E-state index in [1.54, 1.807) is 29.5 Å². The molecule has 0 saturated heterocycles. The summed E-state index contributed by atoms with van der Waals surface area (Å²) in [6.07, 6.45) is 0.912. The molecule has 0 radical (unpaired) electrons. The van der Waals surface area contributed by atoms with Gasteiger partial charge in [0.15, 0.2) is 5.13 Å². The average molecular weight is 278 g/mol. The number of hydrogen-bond donors (Lipinski definition) is 1. The van der Waals surface area contributed by atoms with E-state index in [1.807, 2.05) is 0 Å². The van der Waals surface area contributed by atoms with Crippen LogP contribution in [0.25, 0.3) is 0 Å². The van der Waals surface area contributed by atoms with Gasteiger partial charge in [-0.1, -0.05) is 18.5 Å². The van der Waals surface area contributed by atoms with Crippen LogP contribution in [0.4, 0.5) is 10.8 Å². The van der Waals surface area contributed by atoms with Crippen molar-refractivity contribution < 1.29 is 0 Å². The highest BCUT2D eigenvalue weighted by Crippen LogP contribution is 2.28. The molecule has 18 heavy (non-hydrogen) atoms. The largest absolute Gasteiger partial charge is 0.330 e. The zero-order valence-electron chi connectivity index (χ0n) is 10.1. The maximum Gasteiger partial charge on any atom is 0.187 e. The van der Waals surface area contributed by atoms with Gasteiger partial charge in [0.25, 0.3) is 0 Å². The van der Waals surface area contributed by atoms with Crippen molar-refractivity contribution in [1.82, 2.24) is 4.98 Å². The molecule has 0 aliphatic rings. The number of nitrogens with zero attached hydrogens (tertiary/aromatic N) is 2. The van der Waals surface area contributed by atoms with Crippen molar-refractivity contribution in [2.45, 2.75) is 20.3 Å². The van der Waals surface area contributed by atoms with Gasteiger partial charge in [0.2, 0.25) is 0 Å². The van der Waals surface area contributed by atoms with E-state index in [1.165, 1.54) is 4.88 Å². The fraction of sp³-hybridized carbons (Fsp3) is 0.231. The van der Waals surface area contributed by atoms with Crippen molar-refractivity contribution in [3.63, 3.8) is 0 Å². The summed E-state index contributed by atoms with van der Waals surface area (Å²) < 4.78 is 0. The van der Waals surface area contributed by atoms with E-state index < -0.39 is 0 Å². The Morgan fingerprint density at radius 1 is 1.50 bits per heavy atom. The number of rotatable bonds is 3. The SMILES string of the molecule is CCc1nc(Nc2ccc(Cl)cc2C#N)sc1C. The first kappa shape index (κ1) is 12.9. The second kappa shape index (κ2) is 5.38. The Balaban J connectivity index is 2.31. The Morgan fingerprint density at radius 2 is 2.28 bits per heavy atom. The van der Waals surface area contributed by atoms with Crippen LogP contribution in [0.2, 0.25) is 5.02 Å². The number of anilines is 2. The monoisotopic (exact) mass is 277 g/mol. The van der Waals surface area contributed by atoms with Crippen molar-refractivity contribution >= 4 is 33.8 Å². The van der Waals surface area contributed by atoms with Crippen LogP contribution in [0.5, 0.6) is 0 Å². The van der Waals surface area contributed by atoms with Crippen LogP contribution >= 0.6 is 22.9 Å². The summed E-state index contributed by atoms with van der Waals surface area (Å²) in [5.74, 6) is 0. The first-order valence-corrected chi connectivity index (χ1v) is 6.76. The first-order chi connectivity index (χ1) is 8.63. The lowest BCUT2D eigenvalue weighted by atomic mass is 10.2. The van der Waals surface area contributed by atoms with Gasteiger partial charge >= 0.3 is 0 Å².